The number of benzene rings is 9. The van der Waals surface area contributed by atoms with E-state index in [1.165, 1.54) is 108 Å². The summed E-state index contributed by atoms with van der Waals surface area (Å²) in [5.41, 5.74) is 13.2. The van der Waals surface area contributed by atoms with Gasteiger partial charge in [-0.3, -0.25) is 0 Å². The van der Waals surface area contributed by atoms with Crippen LogP contribution in [0.1, 0.15) is 25.0 Å². The molecule has 244 valence electrons. The Labute approximate surface area is 307 Å². The average Bonchev–Trinajstić information content (AvgIpc) is 3.68. The maximum absolute atomic E-state index is 2.51. The first-order valence-corrected chi connectivity index (χ1v) is 19.0. The fourth-order valence-corrected chi connectivity index (χ4v) is 10.7. The lowest BCUT2D eigenvalue weighted by atomic mass is 9.80. The third-order valence-electron chi connectivity index (χ3n) is 11.6. The van der Waals surface area contributed by atoms with Gasteiger partial charge in [0.2, 0.25) is 0 Å². The molecule has 1 aromatic heterocycles. The second-order valence-electron chi connectivity index (χ2n) is 14.8. The van der Waals surface area contributed by atoms with Crippen LogP contribution >= 0.6 is 11.3 Å². The highest BCUT2D eigenvalue weighted by Crippen LogP contribution is 2.57. The Balaban J connectivity index is 1.16. The van der Waals surface area contributed by atoms with Crippen molar-refractivity contribution < 1.29 is 0 Å². The second-order valence-corrected chi connectivity index (χ2v) is 15.9. The van der Waals surface area contributed by atoms with Crippen molar-refractivity contribution in [3.8, 4) is 44.5 Å². The van der Waals surface area contributed by atoms with Crippen LogP contribution in [0.4, 0.5) is 0 Å². The van der Waals surface area contributed by atoms with Crippen LogP contribution in [0.15, 0.2) is 170 Å². The number of hydrogen-bond acceptors (Lipinski definition) is 1. The predicted molar refractivity (Wildman–Crippen MR) is 226 cm³/mol. The van der Waals surface area contributed by atoms with Gasteiger partial charge in [-0.25, -0.2) is 0 Å². The van der Waals surface area contributed by atoms with Gasteiger partial charge in [0.05, 0.1) is 0 Å². The van der Waals surface area contributed by atoms with Gasteiger partial charge >= 0.3 is 0 Å². The Morgan fingerprint density at radius 3 is 1.54 bits per heavy atom. The maximum atomic E-state index is 2.51. The van der Waals surface area contributed by atoms with Crippen molar-refractivity contribution in [3.63, 3.8) is 0 Å². The van der Waals surface area contributed by atoms with Crippen molar-refractivity contribution in [1.29, 1.82) is 0 Å². The van der Waals surface area contributed by atoms with Crippen LogP contribution in [0.5, 0.6) is 0 Å². The quantitative estimate of drug-likeness (QED) is 0.163. The summed E-state index contributed by atoms with van der Waals surface area (Å²) in [4.78, 5) is 0. The van der Waals surface area contributed by atoms with Crippen LogP contribution in [0.3, 0.4) is 0 Å². The van der Waals surface area contributed by atoms with Gasteiger partial charge < -0.3 is 0 Å². The first-order chi connectivity index (χ1) is 25.6. The molecule has 0 spiro atoms. The number of thiophene rings is 1. The van der Waals surface area contributed by atoms with Crippen LogP contribution in [-0.4, -0.2) is 0 Å². The fraction of sp³-hybridized carbons (Fsp3) is 0.0588. The molecular weight excluding hydrogens is 645 g/mol. The molecule has 1 heterocycles. The average molecular weight is 679 g/mol. The van der Waals surface area contributed by atoms with Gasteiger partial charge in [0.1, 0.15) is 0 Å². The normalized spacial score (nSPS) is 13.3. The van der Waals surface area contributed by atoms with Gasteiger partial charge in [0, 0.05) is 25.6 Å². The third kappa shape index (κ3) is 4.15. The summed E-state index contributed by atoms with van der Waals surface area (Å²) in [6.45, 7) is 4.84. The molecule has 1 aliphatic carbocycles. The molecule has 0 unspecified atom stereocenters. The minimum Gasteiger partial charge on any atom is -0.135 e. The highest BCUT2D eigenvalue weighted by molar-refractivity contribution is 7.26. The van der Waals surface area contributed by atoms with E-state index in [1.807, 2.05) is 11.3 Å². The Bertz CT molecular complexity index is 3010. The summed E-state index contributed by atoms with van der Waals surface area (Å²) in [5, 5.41) is 10.4. The van der Waals surface area contributed by atoms with Crippen LogP contribution in [-0.2, 0) is 5.41 Å². The highest BCUT2D eigenvalue weighted by Gasteiger charge is 2.39. The van der Waals surface area contributed by atoms with Crippen molar-refractivity contribution >= 4 is 63.8 Å². The molecule has 1 heteroatoms. The maximum Gasteiger partial charge on any atom is 0.0408 e. The standard InChI is InChI=1S/C51H34S/c1-51(2)44-29-35-17-7-6-16-34(35)28-42(44)43-30-41(48-40-22-12-13-23-45(40)52-50(48)49(43)51)31-24-26-33(27-25-31)47-38-20-10-8-18-36(38)46(32-14-4-3-5-15-32)37-19-9-11-21-39(37)47/h3-30H,1-2H3. The Morgan fingerprint density at radius 2 is 0.904 bits per heavy atom. The van der Waals surface area contributed by atoms with Crippen LogP contribution in [0, 0.1) is 0 Å². The largest absolute Gasteiger partial charge is 0.135 e. The van der Waals surface area contributed by atoms with E-state index in [0.717, 1.165) is 0 Å². The van der Waals surface area contributed by atoms with E-state index in [1.54, 1.807) is 0 Å². The summed E-state index contributed by atoms with van der Waals surface area (Å²) < 4.78 is 2.76. The van der Waals surface area contributed by atoms with Crippen LogP contribution in [0.2, 0.25) is 0 Å². The highest BCUT2D eigenvalue weighted by atomic mass is 32.1. The first kappa shape index (κ1) is 29.7. The molecule has 11 rings (SSSR count). The van der Waals surface area contributed by atoms with Gasteiger partial charge in [-0.05, 0) is 112 Å². The minimum absolute atomic E-state index is 0.107. The first-order valence-electron chi connectivity index (χ1n) is 18.2. The van der Waals surface area contributed by atoms with Crippen molar-refractivity contribution in [2.24, 2.45) is 0 Å². The van der Waals surface area contributed by atoms with E-state index in [2.05, 4.69) is 184 Å². The van der Waals surface area contributed by atoms with E-state index in [4.69, 9.17) is 0 Å². The van der Waals surface area contributed by atoms with Crippen molar-refractivity contribution in [2.75, 3.05) is 0 Å². The zero-order chi connectivity index (χ0) is 34.6. The van der Waals surface area contributed by atoms with Crippen molar-refractivity contribution in [3.05, 3.63) is 181 Å². The second kappa shape index (κ2) is 11.0. The lowest BCUT2D eigenvalue weighted by Gasteiger charge is -2.23. The van der Waals surface area contributed by atoms with Crippen molar-refractivity contribution in [2.45, 2.75) is 19.3 Å². The van der Waals surface area contributed by atoms with Gasteiger partial charge in [-0.1, -0.05) is 159 Å². The van der Waals surface area contributed by atoms with E-state index in [0.29, 0.717) is 0 Å². The van der Waals surface area contributed by atoms with Crippen LogP contribution < -0.4 is 0 Å². The topological polar surface area (TPSA) is 0 Å². The molecule has 0 atom stereocenters. The molecule has 0 N–H and O–H groups in total. The van der Waals surface area contributed by atoms with Gasteiger partial charge in [-0.2, -0.15) is 0 Å². The molecule has 0 aliphatic heterocycles. The SMILES string of the molecule is CC1(C)c2cc3ccccc3cc2-c2cc(-c3ccc(-c4c5ccccc5c(-c5ccccc5)c5ccccc45)cc3)c3c(sc4ccccc43)c21. The Kier molecular flexibility index (Phi) is 6.27. The summed E-state index contributed by atoms with van der Waals surface area (Å²) >= 11 is 1.96. The summed E-state index contributed by atoms with van der Waals surface area (Å²) in [5.74, 6) is 0. The van der Waals surface area contributed by atoms with Crippen LogP contribution in [0.25, 0.3) is 97.0 Å². The summed E-state index contributed by atoms with van der Waals surface area (Å²) in [7, 11) is 0. The van der Waals surface area contributed by atoms with E-state index in [9.17, 15) is 0 Å². The van der Waals surface area contributed by atoms with Gasteiger partial charge in [-0.15, -0.1) is 11.3 Å². The molecule has 0 radical (unpaired) electrons. The van der Waals surface area contributed by atoms with E-state index in [-0.39, 0.29) is 5.41 Å². The fourth-order valence-electron chi connectivity index (χ4n) is 9.25. The molecule has 0 fully saturated rings. The lowest BCUT2D eigenvalue weighted by molar-refractivity contribution is 0.668. The van der Waals surface area contributed by atoms with E-state index >= 15 is 0 Å². The zero-order valence-electron chi connectivity index (χ0n) is 29.1. The Morgan fingerprint density at radius 1 is 0.404 bits per heavy atom. The molecule has 10 aromatic rings. The number of fused-ring (bicyclic) bond motifs is 10. The molecular formula is C51H34S. The molecule has 52 heavy (non-hydrogen) atoms. The predicted octanol–water partition coefficient (Wildman–Crippen LogP) is 14.8. The minimum atomic E-state index is -0.107. The van der Waals surface area contributed by atoms with E-state index < -0.39 is 0 Å². The summed E-state index contributed by atoms with van der Waals surface area (Å²) in [6, 6.07) is 63.3. The monoisotopic (exact) mass is 678 g/mol. The third-order valence-corrected chi connectivity index (χ3v) is 12.8. The number of hydrogen-bond donors (Lipinski definition) is 0. The van der Waals surface area contributed by atoms with Gasteiger partial charge in [0.25, 0.3) is 0 Å². The lowest BCUT2D eigenvalue weighted by Crippen LogP contribution is -2.15. The molecule has 0 bridgehead atoms. The van der Waals surface area contributed by atoms with Gasteiger partial charge in [0.15, 0.2) is 0 Å². The molecule has 0 nitrogen and oxygen atoms in total. The molecule has 0 saturated carbocycles. The number of rotatable bonds is 3. The Hall–Kier alpha value is -6.02. The summed E-state index contributed by atoms with van der Waals surface area (Å²) in [6.07, 6.45) is 0. The van der Waals surface area contributed by atoms with Crippen molar-refractivity contribution in [1.82, 2.24) is 0 Å². The molecule has 0 saturated heterocycles. The molecule has 9 aromatic carbocycles. The smallest absolute Gasteiger partial charge is 0.0408 e. The zero-order valence-corrected chi connectivity index (χ0v) is 29.9. The molecule has 0 amide bonds. The molecule has 1 aliphatic rings.